The summed E-state index contributed by atoms with van der Waals surface area (Å²) in [6, 6.07) is 19.4. The summed E-state index contributed by atoms with van der Waals surface area (Å²) in [6.45, 7) is 1.18. The molecule has 2 aromatic heterocycles. The van der Waals surface area contributed by atoms with Crippen LogP contribution in [-0.4, -0.2) is 27.1 Å². The third kappa shape index (κ3) is 5.00. The Morgan fingerprint density at radius 2 is 1.62 bits per heavy atom. The molecular weight excluding hydrogens is 344 g/mol. The van der Waals surface area contributed by atoms with Crippen LogP contribution in [0, 0.1) is 0 Å². The van der Waals surface area contributed by atoms with Gasteiger partial charge >= 0.3 is 0 Å². The second kappa shape index (κ2) is 8.92. The molecule has 0 aliphatic carbocycles. The normalized spacial score (nSPS) is 10.2. The van der Waals surface area contributed by atoms with Gasteiger partial charge in [-0.05, 0) is 48.6 Å². The van der Waals surface area contributed by atoms with Gasteiger partial charge < -0.3 is 15.0 Å². The molecular formula is C20H20N4OS. The lowest BCUT2D eigenvalue weighted by molar-refractivity contribution is 0.402. The molecule has 2 heterocycles. The highest BCUT2D eigenvalue weighted by Crippen LogP contribution is 2.18. The summed E-state index contributed by atoms with van der Waals surface area (Å²) in [4.78, 5) is 10.9. The molecule has 0 saturated carbocycles. The number of pyridine rings is 2. The molecule has 0 spiro atoms. The van der Waals surface area contributed by atoms with Crippen LogP contribution in [-0.2, 0) is 13.1 Å². The van der Waals surface area contributed by atoms with Crippen LogP contribution in [0.2, 0.25) is 0 Å². The van der Waals surface area contributed by atoms with Gasteiger partial charge in [-0.3, -0.25) is 9.97 Å². The van der Waals surface area contributed by atoms with Crippen LogP contribution in [0.5, 0.6) is 5.75 Å². The van der Waals surface area contributed by atoms with Gasteiger partial charge in [-0.2, -0.15) is 0 Å². The number of nitrogens with one attached hydrogen (secondary N) is 1. The predicted octanol–water partition coefficient (Wildman–Crippen LogP) is 3.88. The van der Waals surface area contributed by atoms with Crippen LogP contribution in [0.15, 0.2) is 73.1 Å². The van der Waals surface area contributed by atoms with Crippen molar-refractivity contribution < 1.29 is 4.74 Å². The molecule has 5 nitrogen and oxygen atoms in total. The van der Waals surface area contributed by atoms with Gasteiger partial charge in [0, 0.05) is 24.1 Å². The van der Waals surface area contributed by atoms with Crippen LogP contribution in [0.1, 0.15) is 11.4 Å². The van der Waals surface area contributed by atoms with E-state index in [0.717, 1.165) is 22.8 Å². The average molecular weight is 364 g/mol. The van der Waals surface area contributed by atoms with Crippen LogP contribution < -0.4 is 10.1 Å². The first kappa shape index (κ1) is 17.8. The number of thiocarbonyl (C=S) groups is 1. The zero-order valence-electron chi connectivity index (χ0n) is 14.5. The Bertz CT molecular complexity index is 801. The van der Waals surface area contributed by atoms with Crippen molar-refractivity contribution in [2.45, 2.75) is 13.1 Å². The lowest BCUT2D eigenvalue weighted by Gasteiger charge is -2.25. The molecule has 0 unspecified atom stereocenters. The van der Waals surface area contributed by atoms with Crippen molar-refractivity contribution in [2.75, 3.05) is 12.4 Å². The molecule has 0 atom stereocenters. The zero-order chi connectivity index (χ0) is 18.2. The lowest BCUT2D eigenvalue weighted by Crippen LogP contribution is -2.34. The molecule has 0 saturated heterocycles. The van der Waals surface area contributed by atoms with E-state index < -0.39 is 0 Å². The molecule has 0 fully saturated rings. The molecule has 0 aliphatic rings. The largest absolute Gasteiger partial charge is 0.497 e. The van der Waals surface area contributed by atoms with Gasteiger partial charge in [0.25, 0.3) is 0 Å². The number of anilines is 1. The Hall–Kier alpha value is -2.99. The van der Waals surface area contributed by atoms with Gasteiger partial charge in [0.15, 0.2) is 5.11 Å². The van der Waals surface area contributed by atoms with Crippen molar-refractivity contribution in [2.24, 2.45) is 0 Å². The fraction of sp³-hybridized carbons (Fsp3) is 0.150. The summed E-state index contributed by atoms with van der Waals surface area (Å²) in [6.07, 6.45) is 3.57. The number of hydrogen-bond donors (Lipinski definition) is 1. The summed E-state index contributed by atoms with van der Waals surface area (Å²) >= 11 is 5.65. The lowest BCUT2D eigenvalue weighted by atomic mass is 10.3. The Morgan fingerprint density at radius 3 is 2.15 bits per heavy atom. The first-order valence-electron chi connectivity index (χ1n) is 8.24. The van der Waals surface area contributed by atoms with E-state index in [9.17, 15) is 0 Å². The molecule has 3 aromatic rings. The minimum Gasteiger partial charge on any atom is -0.497 e. The SMILES string of the molecule is COc1cccc(NC(=S)N(Cc2ccccn2)Cc2ccccn2)c1. The van der Waals surface area contributed by atoms with Crippen LogP contribution in [0.25, 0.3) is 0 Å². The van der Waals surface area contributed by atoms with Crippen molar-refractivity contribution in [3.8, 4) is 5.75 Å². The molecule has 6 heteroatoms. The van der Waals surface area contributed by atoms with E-state index in [1.54, 1.807) is 19.5 Å². The highest BCUT2D eigenvalue weighted by molar-refractivity contribution is 7.80. The van der Waals surface area contributed by atoms with E-state index in [0.29, 0.717) is 18.2 Å². The van der Waals surface area contributed by atoms with Crippen molar-refractivity contribution >= 4 is 23.0 Å². The number of hydrogen-bond acceptors (Lipinski definition) is 4. The summed E-state index contributed by atoms with van der Waals surface area (Å²) in [5.41, 5.74) is 2.76. The van der Waals surface area contributed by atoms with E-state index in [2.05, 4.69) is 15.3 Å². The van der Waals surface area contributed by atoms with Gasteiger partial charge in [-0.15, -0.1) is 0 Å². The Balaban J connectivity index is 1.77. The molecule has 3 rings (SSSR count). The van der Waals surface area contributed by atoms with Crippen molar-refractivity contribution in [1.82, 2.24) is 14.9 Å². The molecule has 1 aromatic carbocycles. The van der Waals surface area contributed by atoms with E-state index >= 15 is 0 Å². The van der Waals surface area contributed by atoms with Gasteiger partial charge in [0.05, 0.1) is 31.6 Å². The standard InChI is InChI=1S/C20H20N4OS/c1-25-19-10-6-9-16(13-19)23-20(26)24(14-17-7-2-4-11-21-17)15-18-8-3-5-12-22-18/h2-13H,14-15H2,1H3,(H,23,26). The highest BCUT2D eigenvalue weighted by atomic mass is 32.1. The third-order valence-corrected chi connectivity index (χ3v) is 4.13. The molecule has 0 radical (unpaired) electrons. The van der Waals surface area contributed by atoms with E-state index in [4.69, 9.17) is 17.0 Å². The number of methoxy groups -OCH3 is 1. The maximum absolute atomic E-state index is 5.65. The zero-order valence-corrected chi connectivity index (χ0v) is 15.3. The van der Waals surface area contributed by atoms with Crippen LogP contribution in [0.4, 0.5) is 5.69 Å². The average Bonchev–Trinajstić information content (AvgIpc) is 2.69. The maximum Gasteiger partial charge on any atom is 0.174 e. The quantitative estimate of drug-likeness (QED) is 0.670. The van der Waals surface area contributed by atoms with Crippen molar-refractivity contribution in [3.05, 3.63) is 84.4 Å². The fourth-order valence-electron chi connectivity index (χ4n) is 2.48. The summed E-state index contributed by atoms with van der Waals surface area (Å²) < 4.78 is 5.27. The maximum atomic E-state index is 5.65. The van der Waals surface area contributed by atoms with E-state index in [1.807, 2.05) is 65.6 Å². The second-order valence-corrected chi connectivity index (χ2v) is 6.05. The Labute approximate surface area is 158 Å². The summed E-state index contributed by atoms with van der Waals surface area (Å²) in [7, 11) is 1.64. The first-order chi connectivity index (χ1) is 12.7. The predicted molar refractivity (Wildman–Crippen MR) is 107 cm³/mol. The number of rotatable bonds is 6. The van der Waals surface area contributed by atoms with Gasteiger partial charge in [-0.25, -0.2) is 0 Å². The monoisotopic (exact) mass is 364 g/mol. The molecule has 0 amide bonds. The van der Waals surface area contributed by atoms with Gasteiger partial charge in [-0.1, -0.05) is 18.2 Å². The topological polar surface area (TPSA) is 50.3 Å². The first-order valence-corrected chi connectivity index (χ1v) is 8.65. The summed E-state index contributed by atoms with van der Waals surface area (Å²) in [5, 5.41) is 3.89. The van der Waals surface area contributed by atoms with Crippen molar-refractivity contribution in [3.63, 3.8) is 0 Å². The van der Waals surface area contributed by atoms with Gasteiger partial charge in [0.1, 0.15) is 5.75 Å². The molecule has 132 valence electrons. The summed E-state index contributed by atoms with van der Waals surface area (Å²) in [5.74, 6) is 0.777. The number of ether oxygens (including phenoxy) is 1. The number of nitrogens with zero attached hydrogens (tertiary/aromatic N) is 3. The molecule has 1 N–H and O–H groups in total. The number of aromatic nitrogens is 2. The minimum absolute atomic E-state index is 0.590. The van der Waals surface area contributed by atoms with E-state index in [1.165, 1.54) is 0 Å². The fourth-order valence-corrected chi connectivity index (χ4v) is 2.72. The molecule has 0 bridgehead atoms. The Kier molecular flexibility index (Phi) is 6.11. The number of benzene rings is 1. The molecule has 0 aliphatic heterocycles. The highest BCUT2D eigenvalue weighted by Gasteiger charge is 2.13. The van der Waals surface area contributed by atoms with Crippen molar-refractivity contribution in [1.29, 1.82) is 0 Å². The Morgan fingerprint density at radius 1 is 0.962 bits per heavy atom. The van der Waals surface area contributed by atoms with Crippen LogP contribution in [0.3, 0.4) is 0 Å². The van der Waals surface area contributed by atoms with Crippen LogP contribution >= 0.6 is 12.2 Å². The van der Waals surface area contributed by atoms with Gasteiger partial charge in [0.2, 0.25) is 0 Å². The smallest absolute Gasteiger partial charge is 0.174 e. The minimum atomic E-state index is 0.590. The molecule has 26 heavy (non-hydrogen) atoms. The second-order valence-electron chi connectivity index (χ2n) is 5.66. The third-order valence-electron chi connectivity index (χ3n) is 3.77. The van der Waals surface area contributed by atoms with E-state index in [-0.39, 0.29) is 0 Å².